The molecule has 0 aliphatic carbocycles. The number of thioether (sulfide) groups is 1. The first kappa shape index (κ1) is 19.1. The zero-order chi connectivity index (χ0) is 19.7. The van der Waals surface area contributed by atoms with Gasteiger partial charge in [-0.05, 0) is 30.0 Å². The van der Waals surface area contributed by atoms with E-state index in [1.165, 1.54) is 4.90 Å². The number of aromatic nitrogens is 3. The summed E-state index contributed by atoms with van der Waals surface area (Å²) in [7, 11) is 1.59. The second-order valence-electron chi connectivity index (χ2n) is 6.44. The van der Waals surface area contributed by atoms with Crippen molar-refractivity contribution in [3.05, 3.63) is 70.3 Å². The van der Waals surface area contributed by atoms with Gasteiger partial charge in [0.2, 0.25) is 0 Å². The van der Waals surface area contributed by atoms with Crippen LogP contribution in [0.15, 0.2) is 52.4 Å². The molecule has 0 amide bonds. The Morgan fingerprint density at radius 2 is 2.00 bits per heavy atom. The van der Waals surface area contributed by atoms with Crippen LogP contribution in [0.25, 0.3) is 5.69 Å². The molecule has 28 heavy (non-hydrogen) atoms. The molecule has 3 aromatic rings. The van der Waals surface area contributed by atoms with Crippen LogP contribution in [0.3, 0.4) is 0 Å². The molecule has 0 fully saturated rings. The zero-order valence-corrected chi connectivity index (χ0v) is 17.2. The summed E-state index contributed by atoms with van der Waals surface area (Å²) >= 11 is 8.28. The number of hydrogen-bond donors (Lipinski definition) is 1. The Balaban J connectivity index is 1.94. The van der Waals surface area contributed by atoms with E-state index >= 15 is 0 Å². The summed E-state index contributed by atoms with van der Waals surface area (Å²) in [4.78, 5) is 6.02. The van der Waals surface area contributed by atoms with Gasteiger partial charge in [0.1, 0.15) is 6.54 Å². The first-order chi connectivity index (χ1) is 13.6. The van der Waals surface area contributed by atoms with Crippen molar-refractivity contribution < 1.29 is 5.21 Å². The van der Waals surface area contributed by atoms with Crippen LogP contribution in [0, 0.1) is 0 Å². The second-order valence-corrected chi connectivity index (χ2v) is 8.18. The maximum absolute atomic E-state index is 9.73. The topological polar surface area (TPSA) is 66.5 Å². The van der Waals surface area contributed by atoms with Gasteiger partial charge in [-0.1, -0.05) is 36.7 Å². The summed E-state index contributed by atoms with van der Waals surface area (Å²) in [6.45, 7) is 2.78. The van der Waals surface area contributed by atoms with E-state index in [1.54, 1.807) is 18.8 Å². The Kier molecular flexibility index (Phi) is 5.50. The van der Waals surface area contributed by atoms with Gasteiger partial charge in [0.05, 0.1) is 17.9 Å². The van der Waals surface area contributed by atoms with Crippen molar-refractivity contribution in [3.8, 4) is 5.69 Å². The Morgan fingerprint density at radius 3 is 2.75 bits per heavy atom. The number of aliphatic imine (C=N–C) groups is 1. The number of rotatable bonds is 5. The van der Waals surface area contributed by atoms with E-state index in [2.05, 4.69) is 35.3 Å². The van der Waals surface area contributed by atoms with Gasteiger partial charge in [-0.2, -0.15) is 5.06 Å². The highest BCUT2D eigenvalue weighted by molar-refractivity contribution is 7.99. The van der Waals surface area contributed by atoms with Crippen LogP contribution in [0.1, 0.15) is 29.7 Å². The molecule has 4 rings (SSSR count). The normalized spacial score (nSPS) is 13.1. The molecule has 2 heterocycles. The summed E-state index contributed by atoms with van der Waals surface area (Å²) in [6.07, 6.45) is 0. The van der Waals surface area contributed by atoms with Gasteiger partial charge in [-0.25, -0.2) is 0 Å². The number of halogens is 1. The molecule has 0 radical (unpaired) electrons. The van der Waals surface area contributed by atoms with Gasteiger partial charge in [-0.3, -0.25) is 9.56 Å². The molecule has 1 aromatic heterocycles. The number of benzene rings is 2. The van der Waals surface area contributed by atoms with Crippen molar-refractivity contribution in [2.45, 2.75) is 24.9 Å². The molecular weight excluding hydrogens is 394 g/mol. The Morgan fingerprint density at radius 1 is 1.18 bits per heavy atom. The minimum atomic E-state index is 0.263. The molecule has 0 unspecified atom stereocenters. The average molecular weight is 414 g/mol. The summed E-state index contributed by atoms with van der Waals surface area (Å²) in [5, 5.41) is 20.1. The Bertz CT molecular complexity index is 1050. The van der Waals surface area contributed by atoms with Crippen molar-refractivity contribution in [3.63, 3.8) is 0 Å². The summed E-state index contributed by atoms with van der Waals surface area (Å²) in [6, 6.07) is 14.0. The largest absolute Gasteiger partial charge is 0.314 e. The van der Waals surface area contributed by atoms with E-state index in [-0.39, 0.29) is 6.54 Å². The molecule has 1 aliphatic heterocycles. The minimum absolute atomic E-state index is 0.263. The van der Waals surface area contributed by atoms with Crippen molar-refractivity contribution in [2.24, 2.45) is 4.99 Å². The van der Waals surface area contributed by atoms with Gasteiger partial charge >= 0.3 is 0 Å². The molecule has 0 atom stereocenters. The third kappa shape index (κ3) is 3.58. The quantitative estimate of drug-likeness (QED) is 0.501. The molecule has 0 bridgehead atoms. The molecule has 8 heteroatoms. The molecule has 2 aromatic carbocycles. The van der Waals surface area contributed by atoms with Gasteiger partial charge in [0.15, 0.2) is 11.6 Å². The SMILES string of the molecule is CCSc1ccc2c(c1)C(c1ccccc1Cl)=NCc1nnc(CN(C)O)n1-2. The molecule has 1 N–H and O–H groups in total. The molecule has 6 nitrogen and oxygen atoms in total. The molecule has 144 valence electrons. The first-order valence-corrected chi connectivity index (χ1v) is 10.3. The summed E-state index contributed by atoms with van der Waals surface area (Å²) in [5.74, 6) is 2.37. The number of nitrogens with zero attached hydrogens (tertiary/aromatic N) is 5. The fourth-order valence-corrected chi connectivity index (χ4v) is 4.24. The summed E-state index contributed by atoms with van der Waals surface area (Å²) < 4.78 is 1.98. The van der Waals surface area contributed by atoms with Gasteiger partial charge in [-0.15, -0.1) is 22.0 Å². The van der Waals surface area contributed by atoms with Crippen molar-refractivity contribution in [2.75, 3.05) is 12.8 Å². The Hall–Kier alpha value is -2.19. The van der Waals surface area contributed by atoms with Crippen LogP contribution in [-0.2, 0) is 13.1 Å². The smallest absolute Gasteiger partial charge is 0.159 e. The number of fused-ring (bicyclic) bond motifs is 3. The van der Waals surface area contributed by atoms with Crippen LogP contribution in [0.5, 0.6) is 0 Å². The average Bonchev–Trinajstić information content (AvgIpc) is 2.97. The molecule has 0 saturated carbocycles. The molecule has 0 saturated heterocycles. The van der Waals surface area contributed by atoms with Crippen LogP contribution >= 0.6 is 23.4 Å². The lowest BCUT2D eigenvalue weighted by Gasteiger charge is -2.16. The standard InChI is InChI=1S/C20H20ClN5OS/c1-3-28-13-8-9-17-15(10-13)20(14-6-4-5-7-16(14)21)22-11-18-23-24-19(26(17)18)12-25(2)27/h4-10,27H,3,11-12H2,1-2H3. The van der Waals surface area contributed by atoms with E-state index in [1.807, 2.05) is 28.8 Å². The van der Waals surface area contributed by atoms with Crippen molar-refractivity contribution in [1.29, 1.82) is 0 Å². The van der Waals surface area contributed by atoms with E-state index in [9.17, 15) is 5.21 Å². The van der Waals surface area contributed by atoms with E-state index in [0.29, 0.717) is 17.4 Å². The molecular formula is C20H20ClN5OS. The number of hydroxylamine groups is 2. The lowest BCUT2D eigenvalue weighted by atomic mass is 10.0. The minimum Gasteiger partial charge on any atom is -0.314 e. The highest BCUT2D eigenvalue weighted by Gasteiger charge is 2.24. The maximum atomic E-state index is 9.73. The third-order valence-corrected chi connectivity index (χ3v) is 5.66. The lowest BCUT2D eigenvalue weighted by molar-refractivity contribution is -0.0754. The fourth-order valence-electron chi connectivity index (χ4n) is 3.32. The zero-order valence-electron chi connectivity index (χ0n) is 15.6. The highest BCUT2D eigenvalue weighted by Crippen LogP contribution is 2.31. The van der Waals surface area contributed by atoms with Crippen molar-refractivity contribution in [1.82, 2.24) is 19.8 Å². The molecule has 1 aliphatic rings. The monoisotopic (exact) mass is 413 g/mol. The van der Waals surface area contributed by atoms with Crippen LogP contribution < -0.4 is 0 Å². The third-order valence-electron chi connectivity index (χ3n) is 4.45. The van der Waals surface area contributed by atoms with Crippen molar-refractivity contribution >= 4 is 29.1 Å². The fraction of sp³-hybridized carbons (Fsp3) is 0.250. The first-order valence-electron chi connectivity index (χ1n) is 8.98. The second kappa shape index (κ2) is 8.05. The lowest BCUT2D eigenvalue weighted by Crippen LogP contribution is -2.17. The van der Waals surface area contributed by atoms with E-state index in [4.69, 9.17) is 16.6 Å². The van der Waals surface area contributed by atoms with Gasteiger partial charge in [0.25, 0.3) is 0 Å². The number of hydrogen-bond acceptors (Lipinski definition) is 6. The van der Waals surface area contributed by atoms with Gasteiger partial charge < -0.3 is 5.21 Å². The summed E-state index contributed by atoms with van der Waals surface area (Å²) in [5.41, 5.74) is 3.65. The van der Waals surface area contributed by atoms with Crippen LogP contribution in [0.2, 0.25) is 5.02 Å². The predicted molar refractivity (Wildman–Crippen MR) is 112 cm³/mol. The highest BCUT2D eigenvalue weighted by atomic mass is 35.5. The van der Waals surface area contributed by atoms with Gasteiger partial charge in [0, 0.05) is 28.1 Å². The van der Waals surface area contributed by atoms with Crippen LogP contribution in [-0.4, -0.2) is 43.5 Å². The molecule has 0 spiro atoms. The van der Waals surface area contributed by atoms with E-state index < -0.39 is 0 Å². The Labute approximate surface area is 172 Å². The van der Waals surface area contributed by atoms with E-state index in [0.717, 1.165) is 39.2 Å². The maximum Gasteiger partial charge on any atom is 0.159 e. The van der Waals surface area contributed by atoms with Crippen LogP contribution in [0.4, 0.5) is 0 Å². The predicted octanol–water partition coefficient (Wildman–Crippen LogP) is 4.20.